The standard InChI is InChI=1S/C14H14O5/c1-8-4-10(16)6-12(17)14(8)13(18)7-11-5-9(15)2-3-19-11/h2,4-6,15-17H,3,7H2,1H3. The van der Waals surface area contributed by atoms with Crippen molar-refractivity contribution in [1.82, 2.24) is 0 Å². The number of hydrogen-bond donors (Lipinski definition) is 3. The molecule has 5 heteroatoms. The molecule has 1 heterocycles. The number of Topliss-reactive ketones (excluding diaryl/α,β-unsaturated/α-hetero) is 1. The number of hydrogen-bond acceptors (Lipinski definition) is 5. The topological polar surface area (TPSA) is 87.0 Å². The first kappa shape index (κ1) is 13.0. The SMILES string of the molecule is Cc1cc(O)cc(O)c1C(=O)CC1=CC(O)=CCO1. The number of carbonyl (C=O) groups is 1. The highest BCUT2D eigenvalue weighted by Gasteiger charge is 2.18. The van der Waals surface area contributed by atoms with Crippen LogP contribution in [0, 0.1) is 6.92 Å². The Morgan fingerprint density at radius 3 is 2.68 bits per heavy atom. The lowest BCUT2D eigenvalue weighted by molar-refractivity contribution is 0.0962. The summed E-state index contributed by atoms with van der Waals surface area (Å²) < 4.78 is 5.22. The molecule has 3 N–H and O–H groups in total. The molecule has 0 unspecified atom stereocenters. The fourth-order valence-electron chi connectivity index (χ4n) is 1.96. The van der Waals surface area contributed by atoms with Crippen LogP contribution in [0.5, 0.6) is 11.5 Å². The summed E-state index contributed by atoms with van der Waals surface area (Å²) in [6.45, 7) is 1.84. The van der Waals surface area contributed by atoms with Gasteiger partial charge in [0.25, 0.3) is 0 Å². The first-order valence-corrected chi connectivity index (χ1v) is 5.75. The van der Waals surface area contributed by atoms with Crippen LogP contribution in [-0.4, -0.2) is 27.7 Å². The van der Waals surface area contributed by atoms with Crippen LogP contribution in [0.3, 0.4) is 0 Å². The minimum Gasteiger partial charge on any atom is -0.508 e. The van der Waals surface area contributed by atoms with Gasteiger partial charge in [-0.25, -0.2) is 0 Å². The van der Waals surface area contributed by atoms with E-state index in [-0.39, 0.29) is 41.6 Å². The zero-order chi connectivity index (χ0) is 14.0. The molecular formula is C14H14O5. The molecule has 1 aromatic carbocycles. The van der Waals surface area contributed by atoms with Gasteiger partial charge in [0.15, 0.2) is 5.78 Å². The summed E-state index contributed by atoms with van der Waals surface area (Å²) in [5.74, 6) is -0.299. The van der Waals surface area contributed by atoms with Crippen LogP contribution < -0.4 is 0 Å². The number of aromatic hydroxyl groups is 2. The lowest BCUT2D eigenvalue weighted by atomic mass is 10.00. The summed E-state index contributed by atoms with van der Waals surface area (Å²) in [7, 11) is 0. The Labute approximate surface area is 110 Å². The number of rotatable bonds is 3. The second-order valence-electron chi connectivity index (χ2n) is 4.31. The second kappa shape index (κ2) is 5.06. The van der Waals surface area contributed by atoms with Gasteiger partial charge in [-0.2, -0.15) is 0 Å². The van der Waals surface area contributed by atoms with Crippen molar-refractivity contribution in [2.75, 3.05) is 6.61 Å². The number of ketones is 1. The smallest absolute Gasteiger partial charge is 0.174 e. The predicted molar refractivity (Wildman–Crippen MR) is 68.2 cm³/mol. The normalized spacial score (nSPS) is 14.4. The number of aliphatic hydroxyl groups is 1. The van der Waals surface area contributed by atoms with Gasteiger partial charge in [0.1, 0.15) is 29.6 Å². The number of aryl methyl sites for hydroxylation is 1. The van der Waals surface area contributed by atoms with Crippen LogP contribution in [0.4, 0.5) is 0 Å². The fourth-order valence-corrected chi connectivity index (χ4v) is 1.96. The lowest BCUT2D eigenvalue weighted by Gasteiger charge is -2.13. The molecule has 1 aromatic rings. The van der Waals surface area contributed by atoms with Gasteiger partial charge >= 0.3 is 0 Å². The molecule has 0 spiro atoms. The number of allylic oxidation sites excluding steroid dienone is 2. The van der Waals surface area contributed by atoms with Crippen LogP contribution in [0.1, 0.15) is 22.3 Å². The van der Waals surface area contributed by atoms with Gasteiger partial charge in [0.2, 0.25) is 0 Å². The van der Waals surface area contributed by atoms with E-state index in [0.717, 1.165) is 6.07 Å². The van der Waals surface area contributed by atoms with Gasteiger partial charge in [-0.1, -0.05) is 0 Å². The van der Waals surface area contributed by atoms with Gasteiger partial charge in [0, 0.05) is 12.1 Å². The van der Waals surface area contributed by atoms with Crippen LogP contribution in [-0.2, 0) is 4.74 Å². The fraction of sp³-hybridized carbons (Fsp3) is 0.214. The average Bonchev–Trinajstić information content (AvgIpc) is 2.27. The van der Waals surface area contributed by atoms with E-state index in [9.17, 15) is 20.1 Å². The van der Waals surface area contributed by atoms with Crippen molar-refractivity contribution in [2.45, 2.75) is 13.3 Å². The Hall–Kier alpha value is -2.43. The molecule has 1 aliphatic rings. The Balaban J connectivity index is 2.24. The molecule has 19 heavy (non-hydrogen) atoms. The molecule has 0 fully saturated rings. The molecule has 100 valence electrons. The molecular weight excluding hydrogens is 248 g/mol. The van der Waals surface area contributed by atoms with Crippen molar-refractivity contribution in [1.29, 1.82) is 0 Å². The maximum Gasteiger partial charge on any atom is 0.174 e. The highest BCUT2D eigenvalue weighted by Crippen LogP contribution is 2.29. The zero-order valence-electron chi connectivity index (χ0n) is 10.4. The molecule has 0 saturated carbocycles. The van der Waals surface area contributed by atoms with E-state index >= 15 is 0 Å². The maximum atomic E-state index is 12.1. The average molecular weight is 262 g/mol. The Bertz CT molecular complexity index is 560. The van der Waals surface area contributed by atoms with Gasteiger partial charge in [-0.15, -0.1) is 0 Å². The van der Waals surface area contributed by atoms with Gasteiger partial charge < -0.3 is 20.1 Å². The molecule has 0 aromatic heterocycles. The van der Waals surface area contributed by atoms with Crippen molar-refractivity contribution in [2.24, 2.45) is 0 Å². The van der Waals surface area contributed by atoms with Crippen molar-refractivity contribution >= 4 is 5.78 Å². The van der Waals surface area contributed by atoms with E-state index in [2.05, 4.69) is 0 Å². The van der Waals surface area contributed by atoms with Gasteiger partial charge in [-0.05, 0) is 24.6 Å². The second-order valence-corrected chi connectivity index (χ2v) is 4.31. The molecule has 0 atom stereocenters. The molecule has 0 bridgehead atoms. The molecule has 5 nitrogen and oxygen atoms in total. The van der Waals surface area contributed by atoms with Gasteiger partial charge in [-0.3, -0.25) is 4.79 Å². The summed E-state index contributed by atoms with van der Waals surface area (Å²) in [6, 6.07) is 2.52. The quantitative estimate of drug-likeness (QED) is 0.728. The summed E-state index contributed by atoms with van der Waals surface area (Å²) >= 11 is 0. The van der Waals surface area contributed by atoms with Crippen molar-refractivity contribution in [3.63, 3.8) is 0 Å². The molecule has 0 radical (unpaired) electrons. The van der Waals surface area contributed by atoms with Crippen molar-refractivity contribution < 1.29 is 24.9 Å². The highest BCUT2D eigenvalue weighted by molar-refractivity contribution is 6.01. The van der Waals surface area contributed by atoms with Gasteiger partial charge in [0.05, 0.1) is 12.0 Å². The molecule has 2 rings (SSSR count). The molecule has 0 saturated heterocycles. The maximum absolute atomic E-state index is 12.1. The van der Waals surface area contributed by atoms with E-state index in [1.165, 1.54) is 18.2 Å². The van der Waals surface area contributed by atoms with Crippen molar-refractivity contribution in [3.05, 3.63) is 46.9 Å². The summed E-state index contributed by atoms with van der Waals surface area (Å²) in [6.07, 6.45) is 2.79. The molecule has 1 aliphatic heterocycles. The third kappa shape index (κ3) is 2.88. The third-order valence-corrected chi connectivity index (χ3v) is 2.78. The molecule has 0 aliphatic carbocycles. The van der Waals surface area contributed by atoms with E-state index < -0.39 is 0 Å². The number of ether oxygens (including phenoxy) is 1. The molecule has 0 amide bonds. The number of benzene rings is 1. The number of phenolic OH excluding ortho intramolecular Hbond substituents is 2. The summed E-state index contributed by atoms with van der Waals surface area (Å²) in [5, 5.41) is 28.4. The number of phenols is 2. The van der Waals surface area contributed by atoms with Crippen LogP contribution >= 0.6 is 0 Å². The lowest BCUT2D eigenvalue weighted by Crippen LogP contribution is -2.08. The van der Waals surface area contributed by atoms with Crippen LogP contribution in [0.15, 0.2) is 35.8 Å². The van der Waals surface area contributed by atoms with Crippen LogP contribution in [0.25, 0.3) is 0 Å². The summed E-state index contributed by atoms with van der Waals surface area (Å²) in [5.41, 5.74) is 0.634. The van der Waals surface area contributed by atoms with Crippen LogP contribution in [0.2, 0.25) is 0 Å². The Morgan fingerprint density at radius 1 is 1.32 bits per heavy atom. The third-order valence-electron chi connectivity index (χ3n) is 2.78. The van der Waals surface area contributed by atoms with E-state index in [4.69, 9.17) is 4.74 Å². The first-order valence-electron chi connectivity index (χ1n) is 5.75. The highest BCUT2D eigenvalue weighted by atomic mass is 16.5. The Kier molecular flexibility index (Phi) is 3.46. The van der Waals surface area contributed by atoms with Crippen molar-refractivity contribution in [3.8, 4) is 11.5 Å². The van der Waals surface area contributed by atoms with E-state index in [0.29, 0.717) is 11.3 Å². The predicted octanol–water partition coefficient (Wildman–Crippen LogP) is 2.34. The van der Waals surface area contributed by atoms with E-state index in [1.807, 2.05) is 0 Å². The minimum absolute atomic E-state index is 0.0562. The van der Waals surface area contributed by atoms with E-state index in [1.54, 1.807) is 6.92 Å². The largest absolute Gasteiger partial charge is 0.508 e. The number of carbonyl (C=O) groups excluding carboxylic acids is 1. The first-order chi connectivity index (χ1) is 8.97. The zero-order valence-corrected chi connectivity index (χ0v) is 10.4. The Morgan fingerprint density at radius 2 is 2.05 bits per heavy atom. The monoisotopic (exact) mass is 262 g/mol. The minimum atomic E-state index is -0.337. The summed E-state index contributed by atoms with van der Waals surface area (Å²) in [4.78, 5) is 12.1. The number of aliphatic hydroxyl groups excluding tert-OH is 1.